The zero-order chi connectivity index (χ0) is 22.5. The molecule has 0 bridgehead atoms. The number of nitrogen functional groups attached to an aromatic ring is 1. The van der Waals surface area contributed by atoms with Gasteiger partial charge in [0.1, 0.15) is 19.4 Å². The highest BCUT2D eigenvalue weighted by Crippen LogP contribution is 2.13. The number of anilines is 1. The zero-order valence-corrected chi connectivity index (χ0v) is 14.9. The van der Waals surface area contributed by atoms with E-state index in [1.165, 1.54) is 10.9 Å². The van der Waals surface area contributed by atoms with Gasteiger partial charge in [-0.05, 0) is 12.8 Å². The van der Waals surface area contributed by atoms with E-state index in [1.54, 1.807) is 13.8 Å². The summed E-state index contributed by atoms with van der Waals surface area (Å²) >= 11 is 0. The molecule has 0 fully saturated rings. The van der Waals surface area contributed by atoms with Gasteiger partial charge in [0.25, 0.3) is 5.56 Å². The monoisotopic (exact) mass is 384 g/mol. The van der Waals surface area contributed by atoms with Crippen LogP contribution in [0.15, 0.2) is 16.4 Å². The van der Waals surface area contributed by atoms with E-state index in [0.717, 1.165) is 0 Å². The maximum atomic E-state index is 12.3. The summed E-state index contributed by atoms with van der Waals surface area (Å²) in [4.78, 5) is 45.4. The van der Waals surface area contributed by atoms with Crippen molar-refractivity contribution < 1.29 is 18.4 Å². The van der Waals surface area contributed by atoms with E-state index in [-0.39, 0.29) is 37.1 Å². The SMILES string of the molecule is [2H]C([2H])([2H])CN(N=O)[C@H](C(=O)OCCOCn1cnc2c(=O)[nH]c(N)nc21)C(C)C. The Kier molecular flexibility index (Phi) is 5.44. The number of aromatic amines is 1. The molecule has 2 rings (SSSR count). The third kappa shape index (κ3) is 4.78. The van der Waals surface area contributed by atoms with E-state index in [9.17, 15) is 14.5 Å². The van der Waals surface area contributed by atoms with E-state index in [0.29, 0.717) is 5.01 Å². The van der Waals surface area contributed by atoms with Gasteiger partial charge in [0.05, 0.1) is 18.2 Å². The van der Waals surface area contributed by atoms with Gasteiger partial charge in [0, 0.05) is 10.7 Å². The number of nitrogens with two attached hydrogens (primary N) is 1. The van der Waals surface area contributed by atoms with Crippen molar-refractivity contribution in [2.24, 2.45) is 11.2 Å². The first-order valence-electron chi connectivity index (χ1n) is 9.58. The van der Waals surface area contributed by atoms with E-state index >= 15 is 0 Å². The first-order valence-corrected chi connectivity index (χ1v) is 8.08. The number of nitrogens with zero attached hydrogens (tertiary/aromatic N) is 5. The summed E-state index contributed by atoms with van der Waals surface area (Å²) in [6.07, 6.45) is 1.36. The summed E-state index contributed by atoms with van der Waals surface area (Å²) in [5, 5.41) is 3.35. The predicted octanol–water partition coefficient (Wildman–Crippen LogP) is 0.247. The summed E-state index contributed by atoms with van der Waals surface area (Å²) in [7, 11) is 0. The van der Waals surface area contributed by atoms with Gasteiger partial charge < -0.3 is 15.2 Å². The highest BCUT2D eigenvalue weighted by atomic mass is 16.6. The van der Waals surface area contributed by atoms with Crippen molar-refractivity contribution in [2.75, 3.05) is 25.5 Å². The number of likely N-dealkylation sites (N-methyl/N-ethyl adjacent to an activating group) is 1. The molecule has 27 heavy (non-hydrogen) atoms. The third-order valence-corrected chi connectivity index (χ3v) is 3.66. The molecule has 12 nitrogen and oxygen atoms in total. The molecule has 2 aromatic rings. The number of rotatable bonds is 10. The van der Waals surface area contributed by atoms with E-state index in [2.05, 4.69) is 20.2 Å². The summed E-state index contributed by atoms with van der Waals surface area (Å²) < 4.78 is 33.7. The zero-order valence-electron chi connectivity index (χ0n) is 17.9. The average molecular weight is 384 g/mol. The van der Waals surface area contributed by atoms with Crippen molar-refractivity contribution in [1.82, 2.24) is 24.5 Å². The number of ether oxygens (including phenoxy) is 2. The van der Waals surface area contributed by atoms with Gasteiger partial charge in [-0.25, -0.2) is 14.8 Å². The van der Waals surface area contributed by atoms with Crippen molar-refractivity contribution in [3.8, 4) is 0 Å². The number of aromatic nitrogens is 4. The predicted molar refractivity (Wildman–Crippen MR) is 96.3 cm³/mol. The quantitative estimate of drug-likeness (QED) is 0.253. The largest absolute Gasteiger partial charge is 0.462 e. The lowest BCUT2D eigenvalue weighted by molar-refractivity contribution is -0.153. The molecule has 0 aliphatic rings. The number of H-pyrrole nitrogens is 1. The van der Waals surface area contributed by atoms with Gasteiger partial charge in [-0.15, -0.1) is 4.91 Å². The molecular weight excluding hydrogens is 358 g/mol. The van der Waals surface area contributed by atoms with Crippen LogP contribution in [0, 0.1) is 10.8 Å². The van der Waals surface area contributed by atoms with Crippen LogP contribution in [0.3, 0.4) is 0 Å². The van der Waals surface area contributed by atoms with Crippen LogP contribution in [0.1, 0.15) is 24.8 Å². The number of hydrogen-bond donors (Lipinski definition) is 2. The molecule has 0 unspecified atom stereocenters. The summed E-state index contributed by atoms with van der Waals surface area (Å²) in [6.45, 7) is -0.0347. The van der Waals surface area contributed by atoms with Crippen LogP contribution >= 0.6 is 0 Å². The molecule has 0 saturated heterocycles. The van der Waals surface area contributed by atoms with Crippen molar-refractivity contribution >= 4 is 23.1 Å². The second kappa shape index (κ2) is 9.07. The van der Waals surface area contributed by atoms with Crippen molar-refractivity contribution in [2.45, 2.75) is 33.5 Å². The number of carbonyl (C=O) groups is 1. The van der Waals surface area contributed by atoms with Gasteiger partial charge >= 0.3 is 5.97 Å². The molecule has 0 radical (unpaired) electrons. The minimum Gasteiger partial charge on any atom is -0.462 e. The third-order valence-electron chi connectivity index (χ3n) is 3.66. The topological polar surface area (TPSA) is 158 Å². The van der Waals surface area contributed by atoms with Crippen LogP contribution in [0.4, 0.5) is 5.95 Å². The molecule has 3 N–H and O–H groups in total. The summed E-state index contributed by atoms with van der Waals surface area (Å²) in [6, 6.07) is -1.14. The number of nitroso groups, excluding NO2 is 1. The van der Waals surface area contributed by atoms with Gasteiger partial charge in [0.2, 0.25) is 5.95 Å². The molecule has 2 heterocycles. The molecule has 148 valence electrons. The lowest BCUT2D eigenvalue weighted by Crippen LogP contribution is -2.42. The molecule has 0 aliphatic carbocycles. The Morgan fingerprint density at radius 3 is 2.96 bits per heavy atom. The molecule has 0 amide bonds. The Hall–Kier alpha value is -3.02. The van der Waals surface area contributed by atoms with Gasteiger partial charge in [-0.3, -0.25) is 14.3 Å². The maximum absolute atomic E-state index is 12.3. The van der Waals surface area contributed by atoms with Crippen molar-refractivity contribution in [3.05, 3.63) is 21.6 Å². The Balaban J connectivity index is 1.89. The van der Waals surface area contributed by atoms with Gasteiger partial charge in [0.15, 0.2) is 11.2 Å². The second-order valence-corrected chi connectivity index (χ2v) is 5.91. The standard InChI is InChI=1S/C15H23N7O5/c1-4-22(20-25)11(9(2)3)14(24)27-6-5-26-8-21-7-17-10-12(21)18-15(16)19-13(10)23/h7,9,11H,4-6,8H2,1-3H3,(H3,16,18,19,23)/t11-/m0/s1/i1D3. The lowest BCUT2D eigenvalue weighted by atomic mass is 10.0. The lowest BCUT2D eigenvalue weighted by Gasteiger charge is -2.26. The molecular formula is C15H23N7O5. The van der Waals surface area contributed by atoms with Crippen LogP contribution in [0.5, 0.6) is 0 Å². The van der Waals surface area contributed by atoms with Crippen LogP contribution < -0.4 is 11.3 Å². The Labute approximate surface area is 158 Å². The first-order chi connectivity index (χ1) is 14.0. The number of hydrogen-bond acceptors (Lipinski definition) is 9. The van der Waals surface area contributed by atoms with Crippen LogP contribution in [-0.4, -0.2) is 56.3 Å². The number of esters is 1. The fourth-order valence-electron chi connectivity index (χ4n) is 2.43. The molecule has 1 atom stereocenters. The summed E-state index contributed by atoms with van der Waals surface area (Å²) in [5.74, 6) is -1.26. The average Bonchev–Trinajstić information content (AvgIpc) is 3.02. The first kappa shape index (κ1) is 16.2. The minimum absolute atomic E-state index is 0.0112. The molecule has 12 heteroatoms. The van der Waals surface area contributed by atoms with Crippen molar-refractivity contribution in [3.63, 3.8) is 0 Å². The number of fused-ring (bicyclic) bond motifs is 1. The Morgan fingerprint density at radius 2 is 2.30 bits per heavy atom. The maximum Gasteiger partial charge on any atom is 0.330 e. The molecule has 2 aromatic heterocycles. The highest BCUT2D eigenvalue weighted by Gasteiger charge is 2.30. The number of imidazole rings is 1. The molecule has 0 spiro atoms. The summed E-state index contributed by atoms with van der Waals surface area (Å²) in [5.41, 5.74) is 5.38. The second-order valence-electron chi connectivity index (χ2n) is 5.91. The van der Waals surface area contributed by atoms with E-state index in [1.807, 2.05) is 0 Å². The van der Waals surface area contributed by atoms with E-state index < -0.39 is 36.9 Å². The number of nitrogens with one attached hydrogen (secondary N) is 1. The fraction of sp³-hybridized carbons (Fsp3) is 0.600. The Morgan fingerprint density at radius 1 is 1.52 bits per heavy atom. The smallest absolute Gasteiger partial charge is 0.330 e. The van der Waals surface area contributed by atoms with Crippen molar-refractivity contribution in [1.29, 1.82) is 0 Å². The van der Waals surface area contributed by atoms with Crippen LogP contribution in [-0.2, 0) is 21.0 Å². The fourth-order valence-corrected chi connectivity index (χ4v) is 2.43. The number of carbonyl (C=O) groups excluding carboxylic acids is 1. The Bertz CT molecular complexity index is 943. The van der Waals surface area contributed by atoms with Crippen LogP contribution in [0.2, 0.25) is 0 Å². The normalized spacial score (nSPS) is 14.4. The molecule has 0 aliphatic heterocycles. The van der Waals surface area contributed by atoms with Gasteiger partial charge in [-0.1, -0.05) is 13.8 Å². The molecule has 0 saturated carbocycles. The van der Waals surface area contributed by atoms with Gasteiger partial charge in [-0.2, -0.15) is 4.98 Å². The highest BCUT2D eigenvalue weighted by molar-refractivity contribution is 5.76. The van der Waals surface area contributed by atoms with E-state index in [4.69, 9.17) is 19.3 Å². The minimum atomic E-state index is -2.46. The molecule has 0 aromatic carbocycles. The van der Waals surface area contributed by atoms with Crippen LogP contribution in [0.25, 0.3) is 11.2 Å².